The molecule has 0 fully saturated rings. The molecule has 0 radical (unpaired) electrons. The van der Waals surface area contributed by atoms with Crippen molar-refractivity contribution in [1.82, 2.24) is 9.97 Å². The van der Waals surface area contributed by atoms with Crippen LogP contribution in [-0.2, 0) is 24.8 Å². The van der Waals surface area contributed by atoms with Gasteiger partial charge in [0.2, 0.25) is 5.89 Å². The molecule has 13 nitrogen and oxygen atoms in total. The Labute approximate surface area is 292 Å². The van der Waals surface area contributed by atoms with E-state index in [0.717, 1.165) is 5.56 Å². The van der Waals surface area contributed by atoms with E-state index < -0.39 is 18.0 Å². The summed E-state index contributed by atoms with van der Waals surface area (Å²) in [6.07, 6.45) is 1.84. The highest BCUT2D eigenvalue weighted by molar-refractivity contribution is 7.98. The van der Waals surface area contributed by atoms with Crippen LogP contribution in [0.4, 0.5) is 5.82 Å². The zero-order valence-electron chi connectivity index (χ0n) is 26.4. The number of carbonyl (C=O) groups is 2. The van der Waals surface area contributed by atoms with E-state index in [4.69, 9.17) is 47.4 Å². The van der Waals surface area contributed by atoms with Crippen LogP contribution in [-0.4, -0.2) is 54.3 Å². The standard InChI is InChI=1S/C34H34ClN7O6S/c35-23-9-5-22(6-10-23)33-41-24(17-47-33)20-49-34-28(16-39)31(27(15-38)32(40)42-34)21-7-11-25(12-8-21)45-18-26(48-30(44)4-2-14-37)19-46-29(43)3-1-13-36/h5-12,17,26H,1-4,13-14,18-20,36-37H2,(H2,40,42)/t26-/m1/s1. The Morgan fingerprint density at radius 3 is 2.20 bits per heavy atom. The number of esters is 2. The second-order valence-electron chi connectivity index (χ2n) is 10.5. The van der Waals surface area contributed by atoms with Crippen molar-refractivity contribution >= 4 is 41.1 Å². The van der Waals surface area contributed by atoms with E-state index in [1.165, 1.54) is 18.0 Å². The van der Waals surface area contributed by atoms with Crippen LogP contribution in [0.5, 0.6) is 5.75 Å². The van der Waals surface area contributed by atoms with Crippen LogP contribution < -0.4 is 21.9 Å². The van der Waals surface area contributed by atoms with E-state index in [0.29, 0.717) is 70.2 Å². The van der Waals surface area contributed by atoms with Crippen molar-refractivity contribution in [3.8, 4) is 40.5 Å². The summed E-state index contributed by atoms with van der Waals surface area (Å²) >= 11 is 7.21. The molecule has 0 spiro atoms. The van der Waals surface area contributed by atoms with Gasteiger partial charge in [0.05, 0.1) is 11.3 Å². The molecule has 0 aliphatic rings. The zero-order valence-corrected chi connectivity index (χ0v) is 28.0. The van der Waals surface area contributed by atoms with Crippen molar-refractivity contribution in [2.75, 3.05) is 32.0 Å². The van der Waals surface area contributed by atoms with Gasteiger partial charge in [-0.3, -0.25) is 9.59 Å². The van der Waals surface area contributed by atoms with Crippen LogP contribution in [0.25, 0.3) is 22.6 Å². The maximum atomic E-state index is 12.2. The predicted molar refractivity (Wildman–Crippen MR) is 183 cm³/mol. The smallest absolute Gasteiger partial charge is 0.306 e. The lowest BCUT2D eigenvalue weighted by Crippen LogP contribution is -2.31. The normalized spacial score (nSPS) is 11.3. The summed E-state index contributed by atoms with van der Waals surface area (Å²) in [5, 5.41) is 21.1. The van der Waals surface area contributed by atoms with Crippen LogP contribution >= 0.6 is 23.4 Å². The topological polar surface area (TPSA) is 226 Å². The van der Waals surface area contributed by atoms with E-state index in [-0.39, 0.29) is 43.0 Å². The summed E-state index contributed by atoms with van der Waals surface area (Å²) in [6, 6.07) is 17.9. The Morgan fingerprint density at radius 1 is 0.898 bits per heavy atom. The Morgan fingerprint density at radius 2 is 1.55 bits per heavy atom. The average molecular weight is 704 g/mol. The zero-order chi connectivity index (χ0) is 35.2. The van der Waals surface area contributed by atoms with Gasteiger partial charge in [0.25, 0.3) is 0 Å². The highest BCUT2D eigenvalue weighted by atomic mass is 35.5. The van der Waals surface area contributed by atoms with Crippen LogP contribution in [0.3, 0.4) is 0 Å². The largest absolute Gasteiger partial charge is 0.490 e. The lowest BCUT2D eigenvalue weighted by Gasteiger charge is -2.19. The number of rotatable bonds is 17. The van der Waals surface area contributed by atoms with Crippen molar-refractivity contribution in [3.05, 3.63) is 76.6 Å². The van der Waals surface area contributed by atoms with Gasteiger partial charge in [0.1, 0.15) is 53.8 Å². The number of aromatic nitrogens is 2. The fourth-order valence-electron chi connectivity index (χ4n) is 4.45. The number of nitriles is 2. The third-order valence-electron chi connectivity index (χ3n) is 6.89. The molecule has 0 aliphatic carbocycles. The first-order chi connectivity index (χ1) is 23.8. The van der Waals surface area contributed by atoms with Gasteiger partial charge in [-0.05, 0) is 67.9 Å². The summed E-state index contributed by atoms with van der Waals surface area (Å²) in [6.45, 7) is 0.379. The molecule has 2 heterocycles. The van der Waals surface area contributed by atoms with Gasteiger partial charge in [-0.2, -0.15) is 10.5 Å². The van der Waals surface area contributed by atoms with Crippen molar-refractivity contribution < 1.29 is 28.2 Å². The lowest BCUT2D eigenvalue weighted by molar-refractivity contribution is -0.161. The Kier molecular flexibility index (Phi) is 13.8. The van der Waals surface area contributed by atoms with Crippen molar-refractivity contribution in [2.24, 2.45) is 11.5 Å². The summed E-state index contributed by atoms with van der Waals surface area (Å²) in [7, 11) is 0. The number of benzene rings is 2. The van der Waals surface area contributed by atoms with Gasteiger partial charge in [-0.1, -0.05) is 35.5 Å². The summed E-state index contributed by atoms with van der Waals surface area (Å²) in [4.78, 5) is 33.1. The number of thioether (sulfide) groups is 1. The van der Waals surface area contributed by atoms with Gasteiger partial charge in [-0.25, -0.2) is 9.97 Å². The second kappa shape index (κ2) is 18.4. The number of hydrogen-bond acceptors (Lipinski definition) is 14. The first kappa shape index (κ1) is 36.7. The molecule has 0 bridgehead atoms. The minimum Gasteiger partial charge on any atom is -0.490 e. The molecule has 1 atom stereocenters. The predicted octanol–water partition coefficient (Wildman–Crippen LogP) is 4.99. The van der Waals surface area contributed by atoms with Gasteiger partial charge < -0.3 is 35.8 Å². The van der Waals surface area contributed by atoms with E-state index >= 15 is 0 Å². The van der Waals surface area contributed by atoms with E-state index in [1.807, 2.05) is 0 Å². The number of hydrogen-bond donors (Lipinski definition) is 3. The van der Waals surface area contributed by atoms with Crippen LogP contribution in [0, 0.1) is 22.7 Å². The van der Waals surface area contributed by atoms with Gasteiger partial charge >= 0.3 is 11.9 Å². The van der Waals surface area contributed by atoms with Gasteiger partial charge in [0, 0.05) is 34.7 Å². The number of nitrogens with two attached hydrogens (primary N) is 3. The van der Waals surface area contributed by atoms with Crippen molar-refractivity contribution in [1.29, 1.82) is 10.5 Å². The quantitative estimate of drug-likeness (QED) is 0.0973. The molecular weight excluding hydrogens is 670 g/mol. The van der Waals surface area contributed by atoms with Gasteiger partial charge in [0.15, 0.2) is 6.10 Å². The number of carbonyl (C=O) groups excluding carboxylic acids is 2. The fourth-order valence-corrected chi connectivity index (χ4v) is 5.45. The number of nitrogen functional groups attached to an aromatic ring is 1. The Balaban J connectivity index is 1.49. The maximum Gasteiger partial charge on any atom is 0.306 e. The molecule has 6 N–H and O–H groups in total. The monoisotopic (exact) mass is 703 g/mol. The van der Waals surface area contributed by atoms with Gasteiger partial charge in [-0.15, -0.1) is 0 Å². The molecule has 0 amide bonds. The lowest BCUT2D eigenvalue weighted by atomic mass is 9.97. The number of ether oxygens (including phenoxy) is 3. The molecule has 2 aromatic carbocycles. The Hall–Kier alpha value is -5.12. The Bertz CT molecular complexity index is 1820. The molecule has 2 aromatic heterocycles. The maximum absolute atomic E-state index is 12.2. The summed E-state index contributed by atoms with van der Waals surface area (Å²) < 4.78 is 22.2. The minimum absolute atomic E-state index is 0.0263. The molecule has 0 unspecified atom stereocenters. The van der Waals surface area contributed by atoms with E-state index in [9.17, 15) is 20.1 Å². The third-order valence-corrected chi connectivity index (χ3v) is 8.15. The summed E-state index contributed by atoms with van der Waals surface area (Å²) in [5.41, 5.74) is 19.6. The average Bonchev–Trinajstić information content (AvgIpc) is 3.59. The molecule has 15 heteroatoms. The van der Waals surface area contributed by atoms with Crippen LogP contribution in [0.1, 0.15) is 42.5 Å². The minimum atomic E-state index is -0.867. The molecule has 4 aromatic rings. The fraction of sp³-hybridized carbons (Fsp3) is 0.294. The molecule has 4 rings (SSSR count). The van der Waals surface area contributed by atoms with Crippen molar-refractivity contribution in [2.45, 2.75) is 42.6 Å². The second-order valence-corrected chi connectivity index (χ2v) is 11.9. The SMILES string of the molecule is N#Cc1c(N)nc(SCc2coc(-c3ccc(Cl)cc3)n2)c(C#N)c1-c1ccc(OC[C@H](COC(=O)CCCN)OC(=O)CCCN)cc1. The molecule has 0 saturated carbocycles. The van der Waals surface area contributed by atoms with E-state index in [1.54, 1.807) is 48.5 Å². The highest BCUT2D eigenvalue weighted by Gasteiger charge is 2.22. The highest BCUT2D eigenvalue weighted by Crippen LogP contribution is 2.37. The van der Waals surface area contributed by atoms with Crippen LogP contribution in [0.2, 0.25) is 5.02 Å². The molecular formula is C34H34ClN7O6S. The third kappa shape index (κ3) is 10.4. The van der Waals surface area contributed by atoms with Crippen molar-refractivity contribution in [3.63, 3.8) is 0 Å². The number of anilines is 1. The van der Waals surface area contributed by atoms with Crippen LogP contribution in [0.15, 0.2) is 64.2 Å². The number of pyridine rings is 1. The number of nitrogens with zero attached hydrogens (tertiary/aromatic N) is 4. The first-order valence-corrected chi connectivity index (χ1v) is 16.6. The molecule has 0 saturated heterocycles. The first-order valence-electron chi connectivity index (χ1n) is 15.2. The molecule has 254 valence electrons. The van der Waals surface area contributed by atoms with E-state index in [2.05, 4.69) is 22.1 Å². The number of halogens is 1. The summed E-state index contributed by atoms with van der Waals surface area (Å²) in [5.74, 6) is 0.158. The molecule has 49 heavy (non-hydrogen) atoms. The molecule has 0 aliphatic heterocycles. The number of oxazole rings is 1.